The molecule has 0 unspecified atom stereocenters. The van der Waals surface area contributed by atoms with Crippen LogP contribution in [0, 0.1) is 13.8 Å². The molecule has 0 atom stereocenters. The topological polar surface area (TPSA) is 0 Å². The Labute approximate surface area is 87.7 Å². The van der Waals surface area contributed by atoms with Crippen LogP contribution in [0.4, 0.5) is 0 Å². The molecule has 0 bridgehead atoms. The summed E-state index contributed by atoms with van der Waals surface area (Å²) in [6.45, 7) is 9.63. The van der Waals surface area contributed by atoms with Crippen molar-refractivity contribution in [3.8, 4) is 0 Å². The summed E-state index contributed by atoms with van der Waals surface area (Å²) in [7, 11) is 0. The Morgan fingerprint density at radius 2 is 2.00 bits per heavy atom. The fraction of sp³-hybridized carbons (Fsp3) is 0.429. The maximum Gasteiger partial charge on any atom is 0 e. The molecule has 1 radical (unpaired) electrons. The van der Waals surface area contributed by atoms with Crippen molar-refractivity contribution in [1.82, 2.24) is 0 Å². The van der Waals surface area contributed by atoms with E-state index in [0.29, 0.717) is 0 Å². The first-order valence-corrected chi connectivity index (χ1v) is 3.79. The maximum absolute atomic E-state index is 3.83. The van der Waals surface area contributed by atoms with E-state index in [-0.39, 0.29) is 32.7 Å². The van der Waals surface area contributed by atoms with Crippen molar-refractivity contribution in [2.24, 2.45) is 0 Å². The van der Waals surface area contributed by atoms with Crippen molar-refractivity contribution in [3.05, 3.63) is 24.3 Å². The fourth-order valence-electron chi connectivity index (χ4n) is 0.314. The molecule has 0 aromatic carbocycles. The van der Waals surface area contributed by atoms with Gasteiger partial charge in [0.25, 0.3) is 0 Å². The normalized spacial score (nSPS) is 11.9. The van der Waals surface area contributed by atoms with Gasteiger partial charge in [-0.1, -0.05) is 0 Å². The van der Waals surface area contributed by atoms with E-state index in [4.69, 9.17) is 0 Å². The minimum atomic E-state index is 0. The molecule has 0 aliphatic carbocycles. The predicted octanol–water partition coefficient (Wildman–Crippen LogP) is 2.68. The molecular formula is C7H12SY-2. The van der Waals surface area contributed by atoms with Crippen molar-refractivity contribution in [2.45, 2.75) is 13.3 Å². The third-order valence-electron chi connectivity index (χ3n) is 1.10. The van der Waals surface area contributed by atoms with E-state index in [1.54, 1.807) is 11.8 Å². The minimum Gasteiger partial charge on any atom is -0.356 e. The smallest absolute Gasteiger partial charge is 0 e. The van der Waals surface area contributed by atoms with Gasteiger partial charge in [0.2, 0.25) is 0 Å². The van der Waals surface area contributed by atoms with Crippen LogP contribution in [0.2, 0.25) is 0 Å². The van der Waals surface area contributed by atoms with Gasteiger partial charge in [0.15, 0.2) is 0 Å². The van der Waals surface area contributed by atoms with Crippen LogP contribution in [0.15, 0.2) is 10.5 Å². The predicted molar refractivity (Wildman–Crippen MR) is 41.5 cm³/mol. The van der Waals surface area contributed by atoms with Crippen LogP contribution in [0.3, 0.4) is 0 Å². The fourth-order valence-corrected chi connectivity index (χ4v) is 0.764. The average Bonchev–Trinajstić information content (AvgIpc) is 1.84. The van der Waals surface area contributed by atoms with Gasteiger partial charge in [-0.25, -0.2) is 18.9 Å². The molecule has 0 saturated carbocycles. The van der Waals surface area contributed by atoms with Crippen molar-refractivity contribution in [1.29, 1.82) is 0 Å². The summed E-state index contributed by atoms with van der Waals surface area (Å²) in [5, 5.41) is 0. The number of rotatable bonds is 2. The van der Waals surface area contributed by atoms with Crippen LogP contribution in [-0.2, 0) is 32.7 Å². The van der Waals surface area contributed by atoms with E-state index in [1.807, 2.05) is 6.26 Å². The summed E-state index contributed by atoms with van der Waals surface area (Å²) in [4.78, 5) is 1.15. The second-order valence-corrected chi connectivity index (χ2v) is 2.56. The monoisotopic (exact) mass is 217 g/mol. The van der Waals surface area contributed by atoms with Crippen LogP contribution >= 0.6 is 11.8 Å². The summed E-state index contributed by atoms with van der Waals surface area (Å²) in [5.41, 5.74) is 1.29. The molecule has 0 heterocycles. The van der Waals surface area contributed by atoms with Crippen LogP contribution < -0.4 is 0 Å². The van der Waals surface area contributed by atoms with Gasteiger partial charge in [-0.3, -0.25) is 0 Å². The van der Waals surface area contributed by atoms with Gasteiger partial charge in [0.05, 0.1) is 0 Å². The zero-order valence-corrected chi connectivity index (χ0v) is 9.76. The molecule has 0 amide bonds. The Kier molecular flexibility index (Phi) is 10.1. The molecule has 0 N–H and O–H groups in total. The molecule has 0 spiro atoms. The first-order valence-electron chi connectivity index (χ1n) is 2.57. The molecule has 0 aliphatic rings. The summed E-state index contributed by atoms with van der Waals surface area (Å²) in [6.07, 6.45) is 2.90. The van der Waals surface area contributed by atoms with Crippen molar-refractivity contribution >= 4 is 11.8 Å². The first kappa shape index (κ1) is 12.7. The molecule has 9 heavy (non-hydrogen) atoms. The standard InChI is InChI=1S/C7H12S.Y/c1-5-6(2)7(3)8-4;/h1,3,5H2,2,4H3;/q-2;. The largest absolute Gasteiger partial charge is 0.356 e. The summed E-state index contributed by atoms with van der Waals surface area (Å²) < 4.78 is 0. The summed E-state index contributed by atoms with van der Waals surface area (Å²) in [6, 6.07) is 0. The van der Waals surface area contributed by atoms with Gasteiger partial charge >= 0.3 is 0 Å². The van der Waals surface area contributed by atoms with Crippen LogP contribution in [0.25, 0.3) is 0 Å². The summed E-state index contributed by atoms with van der Waals surface area (Å²) in [5.74, 6) is 0. The average molecular weight is 217 g/mol. The second-order valence-electron chi connectivity index (χ2n) is 1.66. The van der Waals surface area contributed by atoms with Crippen LogP contribution in [0.5, 0.6) is 0 Å². The molecule has 51 valence electrons. The van der Waals surface area contributed by atoms with Gasteiger partial charge in [-0.15, -0.1) is 6.92 Å². The molecule has 0 aliphatic heterocycles. The van der Waals surface area contributed by atoms with Crippen molar-refractivity contribution in [3.63, 3.8) is 0 Å². The Bertz CT molecular complexity index is 85.1. The number of thioether (sulfide) groups is 1. The summed E-state index contributed by atoms with van der Waals surface area (Å²) >= 11 is 1.69. The molecule has 0 fully saturated rings. The third-order valence-corrected chi connectivity index (χ3v) is 1.94. The van der Waals surface area contributed by atoms with Gasteiger partial charge in [0.1, 0.15) is 0 Å². The maximum atomic E-state index is 3.83. The molecule has 2 heteroatoms. The second kappa shape index (κ2) is 7.17. The van der Waals surface area contributed by atoms with Gasteiger partial charge in [-0.05, 0) is 6.26 Å². The Hall–Kier alpha value is 1.06. The third kappa shape index (κ3) is 5.51. The molecule has 0 saturated heterocycles. The van der Waals surface area contributed by atoms with E-state index in [2.05, 4.69) is 20.8 Å². The number of allylic oxidation sites excluding steroid dienone is 2. The van der Waals surface area contributed by atoms with Gasteiger partial charge in [0, 0.05) is 32.7 Å². The van der Waals surface area contributed by atoms with E-state index >= 15 is 0 Å². The first-order chi connectivity index (χ1) is 3.72. The number of hydrogen-bond acceptors (Lipinski definition) is 1. The minimum absolute atomic E-state index is 0. The SMILES string of the molecule is [CH2-]CC(C)=C([CH2-])SC.[Y]. The van der Waals surface area contributed by atoms with Crippen LogP contribution in [0.1, 0.15) is 13.3 Å². The van der Waals surface area contributed by atoms with Gasteiger partial charge < -0.3 is 6.92 Å². The van der Waals surface area contributed by atoms with Crippen molar-refractivity contribution < 1.29 is 32.7 Å². The zero-order chi connectivity index (χ0) is 6.57. The molecule has 0 nitrogen and oxygen atoms in total. The van der Waals surface area contributed by atoms with E-state index in [9.17, 15) is 0 Å². The van der Waals surface area contributed by atoms with E-state index < -0.39 is 0 Å². The van der Waals surface area contributed by atoms with E-state index in [1.165, 1.54) is 5.57 Å². The van der Waals surface area contributed by atoms with Crippen molar-refractivity contribution in [2.75, 3.05) is 6.26 Å². The molecule has 0 rings (SSSR count). The van der Waals surface area contributed by atoms with Crippen LogP contribution in [-0.4, -0.2) is 6.26 Å². The molecule has 0 aromatic rings. The van der Waals surface area contributed by atoms with E-state index in [0.717, 1.165) is 11.3 Å². The molecule has 0 aromatic heterocycles. The molecular weight excluding hydrogens is 205 g/mol. The van der Waals surface area contributed by atoms with Gasteiger partial charge in [-0.2, -0.15) is 16.7 Å². The Morgan fingerprint density at radius 1 is 1.56 bits per heavy atom. The number of hydrogen-bond donors (Lipinski definition) is 0. The Morgan fingerprint density at radius 3 is 2.11 bits per heavy atom. The quantitative estimate of drug-likeness (QED) is 0.641. The Balaban J connectivity index is 0. The zero-order valence-electron chi connectivity index (χ0n) is 6.11.